The van der Waals surface area contributed by atoms with Crippen molar-refractivity contribution in [3.63, 3.8) is 0 Å². The van der Waals surface area contributed by atoms with Gasteiger partial charge in [-0.15, -0.1) is 11.8 Å². The van der Waals surface area contributed by atoms with Crippen LogP contribution in [0.1, 0.15) is 20.3 Å². The first-order valence-corrected chi connectivity index (χ1v) is 4.50. The molecule has 9 heavy (non-hydrogen) atoms. The summed E-state index contributed by atoms with van der Waals surface area (Å²) in [5.74, 6) is 1.91. The lowest BCUT2D eigenvalue weighted by Gasteiger charge is -2.04. The highest BCUT2D eigenvalue weighted by atomic mass is 32.2. The lowest BCUT2D eigenvalue weighted by atomic mass is 10.1. The van der Waals surface area contributed by atoms with E-state index in [4.69, 9.17) is 0 Å². The summed E-state index contributed by atoms with van der Waals surface area (Å²) in [5.41, 5.74) is 0. The highest BCUT2D eigenvalue weighted by Gasteiger charge is 2.12. The summed E-state index contributed by atoms with van der Waals surface area (Å²) in [4.78, 5) is 4.39. The van der Waals surface area contributed by atoms with E-state index in [1.807, 2.05) is 11.8 Å². The number of aliphatic imine (C=N–C) groups is 1. The fourth-order valence-corrected chi connectivity index (χ4v) is 1.85. The van der Waals surface area contributed by atoms with Gasteiger partial charge in [-0.05, 0) is 6.42 Å². The molecule has 0 aromatic rings. The standard InChI is InChI=1S/C7H13NS/c1-3-6(2)7-8-4-5-9-7/h6H,3-5H2,1-2H3. The third-order valence-electron chi connectivity index (χ3n) is 1.64. The topological polar surface area (TPSA) is 12.4 Å². The Bertz CT molecular complexity index is 120. The van der Waals surface area contributed by atoms with Gasteiger partial charge in [0.2, 0.25) is 0 Å². The van der Waals surface area contributed by atoms with Crippen LogP contribution in [0.3, 0.4) is 0 Å². The van der Waals surface area contributed by atoms with E-state index >= 15 is 0 Å². The molecule has 1 aliphatic rings. The minimum atomic E-state index is 0.706. The quantitative estimate of drug-likeness (QED) is 0.577. The summed E-state index contributed by atoms with van der Waals surface area (Å²) >= 11 is 1.93. The first kappa shape index (κ1) is 7.13. The van der Waals surface area contributed by atoms with Crippen molar-refractivity contribution in [1.29, 1.82) is 0 Å². The third kappa shape index (κ3) is 1.71. The monoisotopic (exact) mass is 143 g/mol. The van der Waals surface area contributed by atoms with Gasteiger partial charge in [-0.3, -0.25) is 4.99 Å². The second kappa shape index (κ2) is 3.25. The van der Waals surface area contributed by atoms with E-state index in [1.54, 1.807) is 0 Å². The number of hydrogen-bond donors (Lipinski definition) is 0. The summed E-state index contributed by atoms with van der Waals surface area (Å²) in [6, 6.07) is 0. The van der Waals surface area contributed by atoms with E-state index in [9.17, 15) is 0 Å². The van der Waals surface area contributed by atoms with Gasteiger partial charge in [0.25, 0.3) is 0 Å². The average Bonchev–Trinajstić information content (AvgIpc) is 2.37. The first-order chi connectivity index (χ1) is 4.34. The molecule has 0 N–H and O–H groups in total. The van der Waals surface area contributed by atoms with Crippen LogP contribution in [0, 0.1) is 5.92 Å². The fourth-order valence-electron chi connectivity index (χ4n) is 0.824. The lowest BCUT2D eigenvalue weighted by Crippen LogP contribution is -2.02. The van der Waals surface area contributed by atoms with Gasteiger partial charge in [0.1, 0.15) is 0 Å². The molecule has 0 fully saturated rings. The second-order valence-corrected chi connectivity index (χ2v) is 3.49. The van der Waals surface area contributed by atoms with Crippen LogP contribution in [-0.2, 0) is 0 Å². The zero-order valence-corrected chi connectivity index (χ0v) is 6.87. The largest absolute Gasteiger partial charge is 0.282 e. The van der Waals surface area contributed by atoms with Crippen molar-refractivity contribution in [2.24, 2.45) is 10.9 Å². The molecule has 0 aliphatic carbocycles. The Morgan fingerprint density at radius 1 is 1.78 bits per heavy atom. The maximum Gasteiger partial charge on any atom is 0.0705 e. The van der Waals surface area contributed by atoms with Gasteiger partial charge in [0, 0.05) is 18.2 Å². The maximum atomic E-state index is 4.39. The molecule has 0 aromatic carbocycles. The predicted molar refractivity (Wildman–Crippen MR) is 44.2 cm³/mol. The molecule has 2 heteroatoms. The summed E-state index contributed by atoms with van der Waals surface area (Å²) < 4.78 is 0. The first-order valence-electron chi connectivity index (χ1n) is 3.51. The van der Waals surface area contributed by atoms with Crippen LogP contribution in [-0.4, -0.2) is 17.3 Å². The fraction of sp³-hybridized carbons (Fsp3) is 0.857. The molecule has 0 spiro atoms. The van der Waals surface area contributed by atoms with Crippen molar-refractivity contribution in [3.05, 3.63) is 0 Å². The van der Waals surface area contributed by atoms with Gasteiger partial charge in [-0.2, -0.15) is 0 Å². The number of rotatable bonds is 2. The van der Waals surface area contributed by atoms with E-state index in [2.05, 4.69) is 18.8 Å². The van der Waals surface area contributed by atoms with E-state index in [0.29, 0.717) is 5.92 Å². The summed E-state index contributed by atoms with van der Waals surface area (Å²) in [7, 11) is 0. The Morgan fingerprint density at radius 3 is 3.00 bits per heavy atom. The van der Waals surface area contributed by atoms with Crippen LogP contribution in [0.25, 0.3) is 0 Å². The van der Waals surface area contributed by atoms with Crippen molar-refractivity contribution in [2.45, 2.75) is 20.3 Å². The number of nitrogens with zero attached hydrogens (tertiary/aromatic N) is 1. The average molecular weight is 143 g/mol. The minimum absolute atomic E-state index is 0.706. The van der Waals surface area contributed by atoms with Crippen LogP contribution in [0.2, 0.25) is 0 Å². The third-order valence-corrected chi connectivity index (χ3v) is 2.86. The van der Waals surface area contributed by atoms with Crippen molar-refractivity contribution >= 4 is 16.8 Å². The molecule has 0 amide bonds. The predicted octanol–water partition coefficient (Wildman–Crippen LogP) is 2.18. The van der Waals surface area contributed by atoms with Gasteiger partial charge in [-0.25, -0.2) is 0 Å². The number of thioether (sulfide) groups is 1. The van der Waals surface area contributed by atoms with Crippen LogP contribution in [0.5, 0.6) is 0 Å². The maximum absolute atomic E-state index is 4.39. The Balaban J connectivity index is 2.40. The molecule has 52 valence electrons. The molecule has 0 radical (unpaired) electrons. The Kier molecular flexibility index (Phi) is 2.58. The smallest absolute Gasteiger partial charge is 0.0705 e. The van der Waals surface area contributed by atoms with Crippen LogP contribution in [0.4, 0.5) is 0 Å². The van der Waals surface area contributed by atoms with E-state index in [-0.39, 0.29) is 0 Å². The molecule has 1 unspecified atom stereocenters. The normalized spacial score (nSPS) is 21.8. The molecule has 0 saturated carbocycles. The Labute approximate surface area is 60.9 Å². The van der Waals surface area contributed by atoms with Gasteiger partial charge < -0.3 is 0 Å². The van der Waals surface area contributed by atoms with Gasteiger partial charge >= 0.3 is 0 Å². The molecule has 0 saturated heterocycles. The summed E-state index contributed by atoms with van der Waals surface area (Å²) in [5, 5.41) is 1.37. The van der Waals surface area contributed by atoms with Crippen molar-refractivity contribution in [2.75, 3.05) is 12.3 Å². The Hall–Kier alpha value is 0.0200. The van der Waals surface area contributed by atoms with Crippen LogP contribution < -0.4 is 0 Å². The molecular formula is C7H13NS. The molecule has 1 heterocycles. The lowest BCUT2D eigenvalue weighted by molar-refractivity contribution is 0.748. The van der Waals surface area contributed by atoms with Crippen LogP contribution >= 0.6 is 11.8 Å². The SMILES string of the molecule is CCC(C)C1=NCCS1. The van der Waals surface area contributed by atoms with E-state index in [1.165, 1.54) is 17.2 Å². The summed E-state index contributed by atoms with van der Waals surface area (Å²) in [6.45, 7) is 5.51. The van der Waals surface area contributed by atoms with E-state index < -0.39 is 0 Å². The molecule has 0 bridgehead atoms. The van der Waals surface area contributed by atoms with Gasteiger partial charge in [0.05, 0.1) is 5.04 Å². The molecule has 1 nitrogen and oxygen atoms in total. The highest BCUT2D eigenvalue weighted by Crippen LogP contribution is 2.20. The summed E-state index contributed by atoms with van der Waals surface area (Å²) in [6.07, 6.45) is 1.23. The van der Waals surface area contributed by atoms with E-state index in [0.717, 1.165) is 6.54 Å². The minimum Gasteiger partial charge on any atom is -0.282 e. The number of hydrogen-bond acceptors (Lipinski definition) is 2. The molecular weight excluding hydrogens is 130 g/mol. The van der Waals surface area contributed by atoms with Crippen molar-refractivity contribution in [1.82, 2.24) is 0 Å². The molecule has 1 aliphatic heterocycles. The van der Waals surface area contributed by atoms with Crippen molar-refractivity contribution in [3.8, 4) is 0 Å². The molecule has 1 atom stereocenters. The van der Waals surface area contributed by atoms with Crippen molar-refractivity contribution < 1.29 is 0 Å². The Morgan fingerprint density at radius 2 is 2.56 bits per heavy atom. The zero-order valence-electron chi connectivity index (χ0n) is 6.05. The molecule has 1 rings (SSSR count). The molecule has 0 aromatic heterocycles. The highest BCUT2D eigenvalue weighted by molar-refractivity contribution is 8.14. The zero-order chi connectivity index (χ0) is 6.69. The van der Waals surface area contributed by atoms with Gasteiger partial charge in [-0.1, -0.05) is 13.8 Å². The van der Waals surface area contributed by atoms with Gasteiger partial charge in [0.15, 0.2) is 0 Å². The second-order valence-electron chi connectivity index (χ2n) is 2.38. The van der Waals surface area contributed by atoms with Crippen LogP contribution in [0.15, 0.2) is 4.99 Å².